The first-order valence-electron chi connectivity index (χ1n) is 17.7. The number of hydrogen-bond acceptors (Lipinski definition) is 8. The lowest BCUT2D eigenvalue weighted by Gasteiger charge is -2.44. The molecule has 1 aliphatic carbocycles. The van der Waals surface area contributed by atoms with Crippen molar-refractivity contribution in [1.82, 2.24) is 24.9 Å². The summed E-state index contributed by atoms with van der Waals surface area (Å²) in [5.41, 5.74) is 2.90. The predicted molar refractivity (Wildman–Crippen MR) is 208 cm³/mol. The number of aromatic amines is 1. The minimum Gasteiger partial charge on any atom is -0.489 e. The van der Waals surface area contributed by atoms with Gasteiger partial charge in [-0.05, 0) is 90.3 Å². The van der Waals surface area contributed by atoms with Crippen molar-refractivity contribution in [2.75, 3.05) is 65.4 Å². The first-order valence-corrected chi connectivity index (χ1v) is 18.1. The maximum Gasteiger partial charge on any atom is 0.152 e. The van der Waals surface area contributed by atoms with Gasteiger partial charge in [0, 0.05) is 68.2 Å². The Balaban J connectivity index is 0.000000348. The molecule has 2 bridgehead atoms. The number of carbonyl (C=O) groups excluding carboxylic acids is 2. The lowest BCUT2D eigenvalue weighted by atomic mass is 10.00. The molecule has 4 atom stereocenters. The number of ether oxygens (including phenoxy) is 1. The lowest BCUT2D eigenvalue weighted by molar-refractivity contribution is -0.104. The minimum absolute atomic E-state index is 0.339. The van der Waals surface area contributed by atoms with E-state index in [-0.39, 0.29) is 0 Å². The number of likely N-dealkylation sites (tertiary alicyclic amines) is 1. The molecule has 3 aliphatic heterocycles. The fourth-order valence-corrected chi connectivity index (χ4v) is 7.59. The van der Waals surface area contributed by atoms with Crippen molar-refractivity contribution in [2.24, 2.45) is 10.9 Å². The average Bonchev–Trinajstić information content (AvgIpc) is 3.87. The number of fused-ring (bicyclic) bond motifs is 3. The number of H-pyrrole nitrogens is 1. The predicted octanol–water partition coefficient (Wildman–Crippen LogP) is 4.55. The number of aromatic nitrogens is 2. The van der Waals surface area contributed by atoms with Crippen molar-refractivity contribution in [2.45, 2.75) is 71.5 Å². The van der Waals surface area contributed by atoms with Crippen molar-refractivity contribution in [3.05, 3.63) is 63.8 Å². The molecule has 2 aromatic rings. The molecule has 2 saturated heterocycles. The van der Waals surface area contributed by atoms with Crippen molar-refractivity contribution in [3.63, 3.8) is 0 Å². The Morgan fingerprint density at radius 2 is 1.92 bits per heavy atom. The monoisotopic (exact) mass is 707 g/mol. The van der Waals surface area contributed by atoms with Crippen LogP contribution in [0.5, 0.6) is 5.75 Å². The van der Waals surface area contributed by atoms with Gasteiger partial charge in [-0.25, -0.2) is 0 Å². The molecular formula is C39H58ClN7O3. The molecular weight excluding hydrogens is 650 g/mol. The van der Waals surface area contributed by atoms with E-state index in [1.165, 1.54) is 44.8 Å². The van der Waals surface area contributed by atoms with Crippen LogP contribution in [-0.2, 0) is 9.59 Å². The van der Waals surface area contributed by atoms with Gasteiger partial charge in [0.15, 0.2) is 5.75 Å². The third kappa shape index (κ3) is 9.95. The normalized spacial score (nSPS) is 24.0. The zero-order valence-electron chi connectivity index (χ0n) is 31.2. The number of nitrogens with one attached hydrogen (secondary N) is 1. The van der Waals surface area contributed by atoms with Gasteiger partial charge in [-0.2, -0.15) is 5.10 Å². The molecule has 3 fully saturated rings. The van der Waals surface area contributed by atoms with E-state index in [2.05, 4.69) is 71.2 Å². The number of hydrogen-bond donors (Lipinski definition) is 1. The molecule has 1 N–H and O–H groups in total. The van der Waals surface area contributed by atoms with Crippen LogP contribution >= 0.6 is 11.6 Å². The van der Waals surface area contributed by atoms with Crippen LogP contribution in [0.1, 0.15) is 64.5 Å². The number of piperidine rings is 1. The van der Waals surface area contributed by atoms with Crippen LogP contribution in [0, 0.1) is 5.92 Å². The molecule has 11 heteroatoms. The Hall–Kier alpha value is -3.73. The summed E-state index contributed by atoms with van der Waals surface area (Å²) in [4.78, 5) is 31.6. The van der Waals surface area contributed by atoms with Crippen LogP contribution in [-0.4, -0.2) is 122 Å². The van der Waals surface area contributed by atoms with Crippen LogP contribution < -0.4 is 20.2 Å². The second-order valence-electron chi connectivity index (χ2n) is 13.4. The van der Waals surface area contributed by atoms with Crippen LogP contribution in [0.4, 0.5) is 5.69 Å². The third-order valence-electron chi connectivity index (χ3n) is 9.90. The molecule has 6 rings (SSSR count). The molecule has 0 amide bonds. The maximum absolute atomic E-state index is 9.06. The SMILES string of the molecule is C/C=C/C=c1/[nH]nc/c1=C\c1c(Cl)cc(C(=NC)N2C[C@@H](C)N(C)C[C@@H]2C)c2c1OCCN2C.C=CC=O.C=O.CCCN1C[C@H]2CC[C@@H]1C2. The molecule has 10 nitrogen and oxygen atoms in total. The van der Waals surface area contributed by atoms with Gasteiger partial charge in [-0.3, -0.25) is 19.8 Å². The van der Waals surface area contributed by atoms with E-state index < -0.39 is 0 Å². The van der Waals surface area contributed by atoms with E-state index in [4.69, 9.17) is 30.9 Å². The molecule has 4 aliphatic rings. The highest BCUT2D eigenvalue weighted by molar-refractivity contribution is 6.33. The first-order chi connectivity index (χ1) is 24.2. The summed E-state index contributed by atoms with van der Waals surface area (Å²) in [7, 11) is 6.16. The molecule has 1 aromatic heterocycles. The van der Waals surface area contributed by atoms with E-state index in [0.717, 1.165) is 70.6 Å². The minimum atomic E-state index is 0.339. The van der Waals surface area contributed by atoms with E-state index in [1.807, 2.05) is 57.3 Å². The molecule has 0 radical (unpaired) electrons. The number of nitrogens with zero attached hydrogens (tertiary/aromatic N) is 6. The van der Waals surface area contributed by atoms with E-state index in [0.29, 0.717) is 30.0 Å². The standard InChI is InChI=1S/C26H35ClN6O.C9H17N.C3H4O.CH2O/c1-7-8-9-23-19(14-29-30-23)12-20-22(27)13-21(24-25(20)34-11-10-31(24)5)26(28-4)33-16-17(2)32(6)15-18(33)3;1-2-5-10-7-8-3-4-9(10)6-8;1-2-3-4;1-2/h7-9,12-14,17-18,30H,10-11,15-16H2,1-6H3;8-9H,2-7H2,1H3;2-3H,1H2;1H2/b8-7+,19-12+,23-9+,28-26?;;;/t17-,18+;8-,9+;;/m10../s1. The van der Waals surface area contributed by atoms with Gasteiger partial charge in [0.25, 0.3) is 0 Å². The fraction of sp³-hybridized carbons (Fsp3) is 0.538. The summed E-state index contributed by atoms with van der Waals surface area (Å²) in [5, 5.41) is 9.79. The zero-order chi connectivity index (χ0) is 36.8. The first kappa shape index (κ1) is 40.7. The van der Waals surface area contributed by atoms with Gasteiger partial charge in [-0.1, -0.05) is 37.3 Å². The van der Waals surface area contributed by atoms with Crippen molar-refractivity contribution in [3.8, 4) is 5.75 Å². The topological polar surface area (TPSA) is 97.4 Å². The zero-order valence-corrected chi connectivity index (χ0v) is 32.0. The summed E-state index contributed by atoms with van der Waals surface area (Å²) < 4.78 is 6.27. The number of aldehydes is 1. The second-order valence-corrected chi connectivity index (χ2v) is 13.8. The smallest absolute Gasteiger partial charge is 0.152 e. The van der Waals surface area contributed by atoms with Crippen molar-refractivity contribution >= 4 is 48.4 Å². The lowest BCUT2D eigenvalue weighted by Crippen LogP contribution is -2.57. The summed E-state index contributed by atoms with van der Waals surface area (Å²) >= 11 is 6.95. The van der Waals surface area contributed by atoms with Gasteiger partial charge in [0.1, 0.15) is 25.5 Å². The molecule has 4 heterocycles. The van der Waals surface area contributed by atoms with Crippen LogP contribution in [0.15, 0.2) is 42.1 Å². The number of aliphatic imine (C=N–C) groups is 1. The molecule has 1 saturated carbocycles. The second kappa shape index (κ2) is 20.2. The van der Waals surface area contributed by atoms with E-state index in [1.54, 1.807) is 0 Å². The highest BCUT2D eigenvalue weighted by atomic mass is 35.5. The number of benzene rings is 1. The van der Waals surface area contributed by atoms with Gasteiger partial charge < -0.3 is 24.2 Å². The van der Waals surface area contributed by atoms with Crippen LogP contribution in [0.2, 0.25) is 5.02 Å². The average molecular weight is 708 g/mol. The van der Waals surface area contributed by atoms with E-state index in [9.17, 15) is 0 Å². The number of carbonyl (C=O) groups is 2. The quantitative estimate of drug-likeness (QED) is 0.202. The third-order valence-corrected chi connectivity index (χ3v) is 10.2. The van der Waals surface area contributed by atoms with E-state index >= 15 is 0 Å². The molecule has 274 valence electrons. The van der Waals surface area contributed by atoms with Gasteiger partial charge in [0.05, 0.1) is 28.8 Å². The largest absolute Gasteiger partial charge is 0.489 e. The van der Waals surface area contributed by atoms with Crippen LogP contribution in [0.3, 0.4) is 0 Å². The molecule has 1 aromatic carbocycles. The number of allylic oxidation sites excluding steroid dienone is 3. The van der Waals surface area contributed by atoms with Crippen molar-refractivity contribution in [1.29, 1.82) is 0 Å². The number of anilines is 1. The Bertz CT molecular complexity index is 1580. The Kier molecular flexibility index (Phi) is 16.4. The number of halogens is 1. The number of likely N-dealkylation sites (N-methyl/N-ethyl adjacent to an activating group) is 2. The summed E-state index contributed by atoms with van der Waals surface area (Å²) in [6, 6.07) is 3.81. The Morgan fingerprint density at radius 3 is 2.52 bits per heavy atom. The highest BCUT2D eigenvalue weighted by Crippen LogP contribution is 2.43. The number of rotatable bonds is 6. The number of amidine groups is 1. The summed E-state index contributed by atoms with van der Waals surface area (Å²) in [5.74, 6) is 2.84. The fourth-order valence-electron chi connectivity index (χ4n) is 7.35. The molecule has 50 heavy (non-hydrogen) atoms. The maximum atomic E-state index is 9.06. The summed E-state index contributed by atoms with van der Waals surface area (Å²) in [6.45, 7) is 20.0. The summed E-state index contributed by atoms with van der Waals surface area (Å²) in [6.07, 6.45) is 17.5. The molecule has 0 spiro atoms. The Labute approximate surface area is 304 Å². The van der Waals surface area contributed by atoms with Crippen LogP contribution in [0.25, 0.3) is 12.2 Å². The van der Waals surface area contributed by atoms with Gasteiger partial charge in [-0.15, -0.1) is 0 Å². The van der Waals surface area contributed by atoms with Gasteiger partial charge >= 0.3 is 0 Å². The number of piperazine rings is 1. The highest BCUT2D eigenvalue weighted by Gasteiger charge is 2.37. The van der Waals surface area contributed by atoms with Gasteiger partial charge in [0.2, 0.25) is 0 Å². The Morgan fingerprint density at radius 1 is 1.18 bits per heavy atom. The van der Waals surface area contributed by atoms with Crippen molar-refractivity contribution < 1.29 is 14.3 Å². The molecule has 0 unspecified atom stereocenters.